The van der Waals surface area contributed by atoms with Crippen molar-refractivity contribution in [1.82, 2.24) is 0 Å². The fourth-order valence-electron chi connectivity index (χ4n) is 2.39. The summed E-state index contributed by atoms with van der Waals surface area (Å²) in [6.07, 6.45) is 0. The minimum Gasteiger partial charge on any atom is -0.508 e. The lowest BCUT2D eigenvalue weighted by molar-refractivity contribution is 0.455. The molecule has 4 heteroatoms. The second kappa shape index (κ2) is 6.56. The molecule has 0 unspecified atom stereocenters. The monoisotopic (exact) mass is 312 g/mol. The molecule has 0 aromatic heterocycles. The third-order valence-electron chi connectivity index (χ3n) is 3.53. The molecule has 0 saturated heterocycles. The standard InChI is InChI=1S/C20H12N2O2/c21-12-15-7-4-8-19(18(15)13-22)24-20-11-16(23)9-10-17(20)14-5-2-1-3-6-14/h1-11,23H. The largest absolute Gasteiger partial charge is 0.508 e. The first-order valence-corrected chi connectivity index (χ1v) is 7.22. The van der Waals surface area contributed by atoms with E-state index in [1.165, 1.54) is 6.07 Å². The van der Waals surface area contributed by atoms with Gasteiger partial charge in [-0.15, -0.1) is 0 Å². The van der Waals surface area contributed by atoms with Gasteiger partial charge in [0.05, 0.1) is 5.56 Å². The Morgan fingerprint density at radius 3 is 2.29 bits per heavy atom. The van der Waals surface area contributed by atoms with Crippen LogP contribution in [0, 0.1) is 22.7 Å². The van der Waals surface area contributed by atoms with E-state index in [-0.39, 0.29) is 22.6 Å². The molecule has 0 amide bonds. The van der Waals surface area contributed by atoms with E-state index < -0.39 is 0 Å². The van der Waals surface area contributed by atoms with Gasteiger partial charge in [0.2, 0.25) is 0 Å². The molecule has 0 saturated carbocycles. The van der Waals surface area contributed by atoms with Crippen LogP contribution in [0.2, 0.25) is 0 Å². The maximum absolute atomic E-state index is 9.79. The van der Waals surface area contributed by atoms with Crippen LogP contribution in [0.1, 0.15) is 11.1 Å². The molecule has 1 N–H and O–H groups in total. The number of benzene rings is 3. The number of ether oxygens (including phenoxy) is 1. The molecule has 0 radical (unpaired) electrons. The van der Waals surface area contributed by atoms with Gasteiger partial charge in [0.25, 0.3) is 0 Å². The van der Waals surface area contributed by atoms with Crippen LogP contribution >= 0.6 is 0 Å². The molecule has 0 fully saturated rings. The lowest BCUT2D eigenvalue weighted by Gasteiger charge is -2.13. The summed E-state index contributed by atoms with van der Waals surface area (Å²) in [6.45, 7) is 0. The van der Waals surface area contributed by atoms with Crippen LogP contribution in [0.4, 0.5) is 0 Å². The van der Waals surface area contributed by atoms with Gasteiger partial charge in [-0.25, -0.2) is 0 Å². The number of hydrogen-bond donors (Lipinski definition) is 1. The van der Waals surface area contributed by atoms with Crippen LogP contribution in [0.3, 0.4) is 0 Å². The van der Waals surface area contributed by atoms with E-state index in [0.29, 0.717) is 5.75 Å². The summed E-state index contributed by atoms with van der Waals surface area (Å²) in [5.74, 6) is 0.742. The second-order valence-electron chi connectivity index (χ2n) is 5.05. The summed E-state index contributed by atoms with van der Waals surface area (Å²) in [4.78, 5) is 0. The van der Waals surface area contributed by atoms with Crippen molar-refractivity contribution in [1.29, 1.82) is 10.5 Å². The van der Waals surface area contributed by atoms with Crippen molar-refractivity contribution in [3.8, 4) is 40.5 Å². The van der Waals surface area contributed by atoms with Crippen LogP contribution in [-0.2, 0) is 0 Å². The maximum Gasteiger partial charge on any atom is 0.146 e. The van der Waals surface area contributed by atoms with E-state index in [9.17, 15) is 10.4 Å². The molecule has 0 atom stereocenters. The van der Waals surface area contributed by atoms with E-state index in [1.54, 1.807) is 30.3 Å². The van der Waals surface area contributed by atoms with Crippen LogP contribution < -0.4 is 4.74 Å². The number of phenolic OH excluding ortho intramolecular Hbond substituents is 1. The van der Waals surface area contributed by atoms with Crippen LogP contribution in [0.25, 0.3) is 11.1 Å². The van der Waals surface area contributed by atoms with Crippen molar-refractivity contribution in [3.63, 3.8) is 0 Å². The van der Waals surface area contributed by atoms with Crippen LogP contribution in [-0.4, -0.2) is 5.11 Å². The van der Waals surface area contributed by atoms with E-state index in [1.807, 2.05) is 42.5 Å². The summed E-state index contributed by atoms with van der Waals surface area (Å²) in [5.41, 5.74) is 2.11. The van der Waals surface area contributed by atoms with E-state index in [0.717, 1.165) is 11.1 Å². The van der Waals surface area contributed by atoms with E-state index >= 15 is 0 Å². The predicted octanol–water partition coefficient (Wildman–Crippen LogP) is 4.59. The first kappa shape index (κ1) is 15.1. The third-order valence-corrected chi connectivity index (χ3v) is 3.53. The average Bonchev–Trinajstić information content (AvgIpc) is 2.62. The fourth-order valence-corrected chi connectivity index (χ4v) is 2.39. The zero-order chi connectivity index (χ0) is 16.9. The van der Waals surface area contributed by atoms with E-state index in [2.05, 4.69) is 0 Å². The molecule has 0 aliphatic rings. The highest BCUT2D eigenvalue weighted by Crippen LogP contribution is 2.37. The van der Waals surface area contributed by atoms with Crippen molar-refractivity contribution in [3.05, 3.63) is 77.9 Å². The predicted molar refractivity (Wildman–Crippen MR) is 89.5 cm³/mol. The van der Waals surface area contributed by atoms with Gasteiger partial charge in [0.15, 0.2) is 0 Å². The molecule has 3 aromatic carbocycles. The zero-order valence-electron chi connectivity index (χ0n) is 12.6. The highest BCUT2D eigenvalue weighted by Gasteiger charge is 2.13. The number of nitrogens with zero attached hydrogens (tertiary/aromatic N) is 2. The Labute approximate surface area is 139 Å². The van der Waals surface area contributed by atoms with Crippen LogP contribution in [0.15, 0.2) is 66.7 Å². The SMILES string of the molecule is N#Cc1cccc(Oc2cc(O)ccc2-c2ccccc2)c1C#N. The number of hydrogen-bond acceptors (Lipinski definition) is 4. The molecule has 0 heterocycles. The normalized spacial score (nSPS) is 9.75. The second-order valence-corrected chi connectivity index (χ2v) is 5.05. The zero-order valence-corrected chi connectivity index (χ0v) is 12.6. The molecular formula is C20H12N2O2. The number of rotatable bonds is 3. The van der Waals surface area contributed by atoms with Gasteiger partial charge in [-0.1, -0.05) is 36.4 Å². The third kappa shape index (κ3) is 2.90. The molecule has 4 nitrogen and oxygen atoms in total. The highest BCUT2D eigenvalue weighted by molar-refractivity contribution is 5.72. The minimum atomic E-state index is 0.0552. The Morgan fingerprint density at radius 2 is 1.58 bits per heavy atom. The molecule has 24 heavy (non-hydrogen) atoms. The Balaban J connectivity index is 2.11. The van der Waals surface area contributed by atoms with Crippen molar-refractivity contribution in [2.45, 2.75) is 0 Å². The van der Waals surface area contributed by atoms with E-state index in [4.69, 9.17) is 10.00 Å². The van der Waals surface area contributed by atoms with Crippen molar-refractivity contribution >= 4 is 0 Å². The molecular weight excluding hydrogens is 300 g/mol. The molecule has 0 aliphatic carbocycles. The Kier molecular flexibility index (Phi) is 4.14. The highest BCUT2D eigenvalue weighted by atomic mass is 16.5. The number of aromatic hydroxyl groups is 1. The summed E-state index contributed by atoms with van der Waals surface area (Å²) >= 11 is 0. The summed E-state index contributed by atoms with van der Waals surface area (Å²) < 4.78 is 5.88. The van der Waals surface area contributed by atoms with Gasteiger partial charge in [0, 0.05) is 11.6 Å². The molecule has 0 spiro atoms. The van der Waals surface area contributed by atoms with Gasteiger partial charge in [-0.3, -0.25) is 0 Å². The Hall–Kier alpha value is -3.76. The topological polar surface area (TPSA) is 77.0 Å². The summed E-state index contributed by atoms with van der Waals surface area (Å²) in [7, 11) is 0. The summed E-state index contributed by atoms with van der Waals surface area (Å²) in [5, 5.41) is 28.2. The van der Waals surface area contributed by atoms with Gasteiger partial charge in [-0.2, -0.15) is 10.5 Å². The number of phenols is 1. The molecule has 114 valence electrons. The summed E-state index contributed by atoms with van der Waals surface area (Å²) in [6, 6.07) is 23.2. The smallest absolute Gasteiger partial charge is 0.146 e. The first-order chi connectivity index (χ1) is 11.7. The van der Waals surface area contributed by atoms with Crippen molar-refractivity contribution < 1.29 is 9.84 Å². The Morgan fingerprint density at radius 1 is 0.792 bits per heavy atom. The van der Waals surface area contributed by atoms with Gasteiger partial charge < -0.3 is 9.84 Å². The molecule has 0 aliphatic heterocycles. The average molecular weight is 312 g/mol. The maximum atomic E-state index is 9.79. The van der Waals surface area contributed by atoms with Gasteiger partial charge in [0.1, 0.15) is 35.0 Å². The first-order valence-electron chi connectivity index (χ1n) is 7.22. The fraction of sp³-hybridized carbons (Fsp3) is 0. The molecule has 3 rings (SSSR count). The van der Waals surface area contributed by atoms with Gasteiger partial charge in [-0.05, 0) is 29.8 Å². The molecule has 3 aromatic rings. The molecule has 0 bridgehead atoms. The lowest BCUT2D eigenvalue weighted by atomic mass is 10.0. The Bertz CT molecular complexity index is 967. The van der Waals surface area contributed by atoms with Crippen molar-refractivity contribution in [2.75, 3.05) is 0 Å². The quantitative estimate of drug-likeness (QED) is 0.767. The van der Waals surface area contributed by atoms with Crippen molar-refractivity contribution in [2.24, 2.45) is 0 Å². The lowest BCUT2D eigenvalue weighted by Crippen LogP contribution is -1.93. The minimum absolute atomic E-state index is 0.0552. The van der Waals surface area contributed by atoms with Gasteiger partial charge >= 0.3 is 0 Å². The number of nitriles is 2. The van der Waals surface area contributed by atoms with Crippen LogP contribution in [0.5, 0.6) is 17.2 Å².